The van der Waals surface area contributed by atoms with E-state index >= 15 is 0 Å². The molecule has 14 heteroatoms. The first-order chi connectivity index (χ1) is 21.1. The van der Waals surface area contributed by atoms with Crippen molar-refractivity contribution in [3.8, 4) is 5.75 Å². The summed E-state index contributed by atoms with van der Waals surface area (Å²) in [7, 11) is -2.51. The van der Waals surface area contributed by atoms with Crippen molar-refractivity contribution in [3.05, 3.63) is 93.5 Å². The smallest absolute Gasteiger partial charge is 0.289 e. The first-order valence-electron chi connectivity index (χ1n) is 14.0. The predicted octanol–water partition coefficient (Wildman–Crippen LogP) is 3.45. The average molecular weight is 642 g/mol. The highest BCUT2D eigenvalue weighted by Gasteiger charge is 2.55. The number of ether oxygens (including phenoxy) is 1. The minimum atomic E-state index is -4.10. The van der Waals surface area contributed by atoms with Crippen LogP contribution in [0.1, 0.15) is 18.4 Å². The van der Waals surface area contributed by atoms with Gasteiger partial charge in [-0.15, -0.1) is 0 Å². The van der Waals surface area contributed by atoms with Crippen LogP contribution in [0.3, 0.4) is 0 Å². The quantitative estimate of drug-likeness (QED) is 0.262. The minimum absolute atomic E-state index is 0.00672. The number of carbonyl (C=O) groups is 2. The van der Waals surface area contributed by atoms with Gasteiger partial charge in [0.2, 0.25) is 21.8 Å². The molecule has 0 bridgehead atoms. The second kappa shape index (κ2) is 12.8. The molecule has 0 unspecified atom stereocenters. The summed E-state index contributed by atoms with van der Waals surface area (Å²) in [5.74, 6) is 0.183. The summed E-state index contributed by atoms with van der Waals surface area (Å²) in [5.41, 5.74) is 0.178. The van der Waals surface area contributed by atoms with E-state index in [2.05, 4.69) is 5.32 Å². The van der Waals surface area contributed by atoms with Crippen molar-refractivity contribution >= 4 is 44.8 Å². The Hall–Kier alpha value is -4.20. The lowest BCUT2D eigenvalue weighted by atomic mass is 9.86. The molecule has 232 valence electrons. The molecule has 3 aromatic rings. The normalized spacial score (nSPS) is 16.7. The molecule has 1 N–H and O–H groups in total. The van der Waals surface area contributed by atoms with E-state index in [9.17, 15) is 28.1 Å². The van der Waals surface area contributed by atoms with Crippen LogP contribution in [0.4, 0.5) is 11.4 Å². The van der Waals surface area contributed by atoms with Crippen molar-refractivity contribution in [1.82, 2.24) is 14.5 Å². The van der Waals surface area contributed by atoms with Gasteiger partial charge in [0.15, 0.2) is 0 Å². The second-order valence-electron chi connectivity index (χ2n) is 10.6. The zero-order valence-electron chi connectivity index (χ0n) is 24.0. The number of rotatable bonds is 10. The fourth-order valence-electron chi connectivity index (χ4n) is 5.84. The van der Waals surface area contributed by atoms with Crippen LogP contribution < -0.4 is 15.0 Å². The van der Waals surface area contributed by atoms with Gasteiger partial charge in [0, 0.05) is 31.4 Å². The number of nitrogens with one attached hydrogen (secondary N) is 1. The van der Waals surface area contributed by atoms with Gasteiger partial charge in [0.1, 0.15) is 22.9 Å². The molecular formula is C30H32ClN5O7S. The van der Waals surface area contributed by atoms with Crippen molar-refractivity contribution in [3.63, 3.8) is 0 Å². The van der Waals surface area contributed by atoms with Crippen molar-refractivity contribution < 1.29 is 27.7 Å². The maximum atomic E-state index is 14.0. The number of amides is 2. The van der Waals surface area contributed by atoms with Crippen LogP contribution in [0.15, 0.2) is 77.7 Å². The number of para-hydroxylation sites is 2. The molecule has 0 radical (unpaired) electrons. The van der Waals surface area contributed by atoms with Crippen molar-refractivity contribution in [2.24, 2.45) is 0 Å². The van der Waals surface area contributed by atoms with Crippen LogP contribution in [0.2, 0.25) is 5.02 Å². The highest BCUT2D eigenvalue weighted by atomic mass is 35.5. The molecule has 0 saturated carbocycles. The molecule has 0 atom stereocenters. The van der Waals surface area contributed by atoms with Gasteiger partial charge in [-0.2, -0.15) is 4.31 Å². The Morgan fingerprint density at radius 1 is 1.07 bits per heavy atom. The minimum Gasteiger partial charge on any atom is -0.496 e. The predicted molar refractivity (Wildman–Crippen MR) is 164 cm³/mol. The molecule has 2 amide bonds. The van der Waals surface area contributed by atoms with Gasteiger partial charge < -0.3 is 19.9 Å². The maximum Gasteiger partial charge on any atom is 0.289 e. The largest absolute Gasteiger partial charge is 0.496 e. The Labute approximate surface area is 260 Å². The number of halogens is 1. The Morgan fingerprint density at radius 2 is 1.75 bits per heavy atom. The number of benzene rings is 3. The molecule has 44 heavy (non-hydrogen) atoms. The maximum absolute atomic E-state index is 14.0. The van der Waals surface area contributed by atoms with Crippen LogP contribution in [0.5, 0.6) is 5.75 Å². The van der Waals surface area contributed by atoms with E-state index in [1.165, 1.54) is 21.3 Å². The Morgan fingerprint density at radius 3 is 2.43 bits per heavy atom. The number of piperidine rings is 1. The van der Waals surface area contributed by atoms with E-state index in [4.69, 9.17) is 16.3 Å². The van der Waals surface area contributed by atoms with Crippen molar-refractivity contribution in [2.45, 2.75) is 29.7 Å². The van der Waals surface area contributed by atoms with Gasteiger partial charge in [0.05, 0.1) is 23.6 Å². The second-order valence-corrected chi connectivity index (χ2v) is 13.0. The molecule has 0 aromatic heterocycles. The summed E-state index contributed by atoms with van der Waals surface area (Å²) in [6.07, 6.45) is 0.897. The highest BCUT2D eigenvalue weighted by Crippen LogP contribution is 2.41. The lowest BCUT2D eigenvalue weighted by molar-refractivity contribution is -0.384. The van der Waals surface area contributed by atoms with E-state index < -0.39 is 26.2 Å². The van der Waals surface area contributed by atoms with Crippen molar-refractivity contribution in [1.29, 1.82) is 0 Å². The summed E-state index contributed by atoms with van der Waals surface area (Å²) in [5, 5.41) is 14.1. The van der Waals surface area contributed by atoms with Crippen molar-refractivity contribution in [2.75, 3.05) is 44.9 Å². The molecule has 5 rings (SSSR count). The molecule has 2 aliphatic rings. The lowest BCUT2D eigenvalue weighted by Gasteiger charge is -2.42. The van der Waals surface area contributed by atoms with E-state index in [1.54, 1.807) is 7.11 Å². The number of hydrogen-bond acceptors (Lipinski definition) is 8. The number of nitro groups is 1. The van der Waals surface area contributed by atoms with Gasteiger partial charge in [-0.1, -0.05) is 48.0 Å². The van der Waals surface area contributed by atoms with Gasteiger partial charge in [0.25, 0.3) is 5.69 Å². The molecule has 2 heterocycles. The van der Waals surface area contributed by atoms with Gasteiger partial charge in [-0.05, 0) is 55.2 Å². The first kappa shape index (κ1) is 31.2. The fraction of sp³-hybridized carbons (Fsp3) is 0.333. The third-order valence-corrected chi connectivity index (χ3v) is 10.3. The first-order valence-corrected chi connectivity index (χ1v) is 15.8. The Bertz CT molecular complexity index is 1660. The number of carbonyl (C=O) groups excluding carboxylic acids is 2. The third-order valence-electron chi connectivity index (χ3n) is 8.13. The van der Waals surface area contributed by atoms with E-state index in [0.717, 1.165) is 23.1 Å². The molecule has 1 spiro atoms. The third kappa shape index (κ3) is 6.07. The molecular weight excluding hydrogens is 610 g/mol. The average Bonchev–Trinajstić information content (AvgIpc) is 3.27. The lowest BCUT2D eigenvalue weighted by Crippen LogP contribution is -2.57. The standard InChI is InChI=1S/C30H32ClN5O7S/c1-43-27-10-6-5-7-22(27)13-16-32-28(37)20-33-21-35(23-8-3-2-4-9-23)30(29(33)38)14-17-34(18-15-30)44(41,42)24-11-12-25(31)26(19-24)36(39)40/h2-12,19H,13-18,20-21H2,1H3,(H,32,37). The van der Waals surface area contributed by atoms with E-state index in [1.807, 2.05) is 59.5 Å². The highest BCUT2D eigenvalue weighted by molar-refractivity contribution is 7.89. The van der Waals surface area contributed by atoms with Gasteiger partial charge >= 0.3 is 0 Å². The summed E-state index contributed by atoms with van der Waals surface area (Å²) in [6.45, 7) is 0.398. The molecule has 12 nitrogen and oxygen atoms in total. The SMILES string of the molecule is COc1ccccc1CCNC(=O)CN1CN(c2ccccc2)C2(CCN(S(=O)(=O)c3ccc(Cl)c([N+](=O)[O-])c3)CC2)C1=O. The summed E-state index contributed by atoms with van der Waals surface area (Å²) >= 11 is 5.89. The Balaban J connectivity index is 1.30. The van der Waals surface area contributed by atoms with Crippen LogP contribution in [0, 0.1) is 10.1 Å². The van der Waals surface area contributed by atoms with E-state index in [0.29, 0.717) is 13.0 Å². The monoisotopic (exact) mass is 641 g/mol. The van der Waals surface area contributed by atoms with Crippen LogP contribution in [-0.2, 0) is 26.0 Å². The summed E-state index contributed by atoms with van der Waals surface area (Å²) in [6, 6.07) is 20.3. The molecule has 3 aromatic carbocycles. The molecule has 2 fully saturated rings. The topological polar surface area (TPSA) is 142 Å². The molecule has 2 aliphatic heterocycles. The zero-order valence-corrected chi connectivity index (χ0v) is 25.6. The number of anilines is 1. The van der Waals surface area contributed by atoms with Gasteiger partial charge in [-0.3, -0.25) is 19.7 Å². The Kier molecular flexibility index (Phi) is 9.09. The van der Waals surface area contributed by atoms with Gasteiger partial charge in [-0.25, -0.2) is 8.42 Å². The number of sulfonamides is 1. The number of methoxy groups -OCH3 is 1. The number of hydrogen-bond donors (Lipinski definition) is 1. The number of nitrogens with zero attached hydrogens (tertiary/aromatic N) is 4. The molecule has 0 aliphatic carbocycles. The van der Waals surface area contributed by atoms with Crippen LogP contribution in [0.25, 0.3) is 0 Å². The summed E-state index contributed by atoms with van der Waals surface area (Å²) < 4.78 is 33.5. The zero-order chi connectivity index (χ0) is 31.5. The molecule has 2 saturated heterocycles. The van der Waals surface area contributed by atoms with Crippen LogP contribution in [-0.4, -0.2) is 79.9 Å². The summed E-state index contributed by atoms with van der Waals surface area (Å²) in [4.78, 5) is 40.7. The van der Waals surface area contributed by atoms with Crippen LogP contribution >= 0.6 is 11.6 Å². The fourth-order valence-corrected chi connectivity index (χ4v) is 7.48. The number of nitro benzene ring substituents is 1. The van der Waals surface area contributed by atoms with E-state index in [-0.39, 0.29) is 60.9 Å².